The number of fused-ring (bicyclic) bond motifs is 2. The predicted octanol–water partition coefficient (Wildman–Crippen LogP) is 4.02. The molecule has 0 bridgehead atoms. The second-order valence-electron chi connectivity index (χ2n) is 6.78. The molecule has 8 nitrogen and oxygen atoms in total. The number of aromatic amines is 2. The third kappa shape index (κ3) is 2.62. The number of nitrogens with zero attached hydrogens (tertiary/aromatic N) is 6. The molecule has 0 radical (unpaired) electrons. The van der Waals surface area contributed by atoms with Gasteiger partial charge in [0, 0.05) is 42.1 Å². The molecular weight excluding hydrogens is 376 g/mol. The summed E-state index contributed by atoms with van der Waals surface area (Å²) in [5, 5.41) is 7.50. The quantitative estimate of drug-likeness (QED) is 0.472. The van der Waals surface area contributed by atoms with Gasteiger partial charge in [0.1, 0.15) is 5.52 Å². The van der Waals surface area contributed by atoms with Gasteiger partial charge < -0.3 is 4.98 Å². The monoisotopic (exact) mass is 390 g/mol. The van der Waals surface area contributed by atoms with E-state index in [0.29, 0.717) is 17.2 Å². The van der Waals surface area contributed by atoms with Crippen LogP contribution in [0.2, 0.25) is 0 Å². The van der Waals surface area contributed by atoms with Gasteiger partial charge in [-0.3, -0.25) is 15.1 Å². The molecule has 6 aromatic heterocycles. The Labute approximate surface area is 170 Å². The van der Waals surface area contributed by atoms with Crippen molar-refractivity contribution in [3.05, 3.63) is 73.4 Å². The van der Waals surface area contributed by atoms with Crippen molar-refractivity contribution in [1.29, 1.82) is 0 Å². The van der Waals surface area contributed by atoms with E-state index in [1.165, 1.54) is 0 Å². The summed E-state index contributed by atoms with van der Waals surface area (Å²) >= 11 is 0. The lowest BCUT2D eigenvalue weighted by molar-refractivity contribution is 1.10. The summed E-state index contributed by atoms with van der Waals surface area (Å²) in [4.78, 5) is 25.6. The first-order chi connectivity index (χ1) is 14.9. The van der Waals surface area contributed by atoms with Crippen LogP contribution in [-0.4, -0.2) is 40.1 Å². The van der Waals surface area contributed by atoms with Gasteiger partial charge in [-0.25, -0.2) is 15.0 Å². The van der Waals surface area contributed by atoms with E-state index in [1.54, 1.807) is 31.0 Å². The van der Waals surface area contributed by atoms with Crippen LogP contribution in [0.1, 0.15) is 0 Å². The number of pyridine rings is 4. The van der Waals surface area contributed by atoms with Gasteiger partial charge in [0.15, 0.2) is 17.2 Å². The minimum Gasteiger partial charge on any atom is -0.335 e. The SMILES string of the molecule is c1cncc(-c2ccc3[nH]nc(-c4nc5nccc(-c6ccncc6)c5[nH]4)c3n2)c1. The highest BCUT2D eigenvalue weighted by Crippen LogP contribution is 2.30. The average Bonchev–Trinajstić information content (AvgIpc) is 3.43. The van der Waals surface area contributed by atoms with Gasteiger partial charge >= 0.3 is 0 Å². The summed E-state index contributed by atoms with van der Waals surface area (Å²) in [5.41, 5.74) is 7.50. The van der Waals surface area contributed by atoms with Crippen molar-refractivity contribution in [2.75, 3.05) is 0 Å². The summed E-state index contributed by atoms with van der Waals surface area (Å²) in [6, 6.07) is 13.7. The topological polar surface area (TPSA) is 109 Å². The standard InChI is InChI=1S/C22H14N8/c1-2-14(12-24-8-1)16-3-4-17-19(26-16)20(30-29-17)22-27-18-15(7-11-25-21(18)28-22)13-5-9-23-10-6-13/h1-12H,(H,29,30)(H,25,27,28). The molecule has 0 aliphatic carbocycles. The lowest BCUT2D eigenvalue weighted by Crippen LogP contribution is -1.87. The number of H-pyrrole nitrogens is 2. The summed E-state index contributed by atoms with van der Waals surface area (Å²) < 4.78 is 0. The first-order valence-electron chi connectivity index (χ1n) is 9.38. The Kier molecular flexibility index (Phi) is 3.60. The highest BCUT2D eigenvalue weighted by Gasteiger charge is 2.17. The first-order valence-corrected chi connectivity index (χ1v) is 9.38. The molecule has 0 saturated carbocycles. The predicted molar refractivity (Wildman–Crippen MR) is 113 cm³/mol. The highest BCUT2D eigenvalue weighted by molar-refractivity contribution is 5.94. The van der Waals surface area contributed by atoms with Crippen LogP contribution >= 0.6 is 0 Å². The maximum atomic E-state index is 4.81. The molecule has 2 N–H and O–H groups in total. The van der Waals surface area contributed by atoms with E-state index < -0.39 is 0 Å². The Balaban J connectivity index is 1.52. The molecule has 0 unspecified atom stereocenters. The van der Waals surface area contributed by atoms with Crippen LogP contribution in [0.25, 0.3) is 56.1 Å². The first kappa shape index (κ1) is 16.5. The maximum Gasteiger partial charge on any atom is 0.178 e. The molecule has 0 atom stereocenters. The van der Waals surface area contributed by atoms with Crippen molar-refractivity contribution in [3.63, 3.8) is 0 Å². The lowest BCUT2D eigenvalue weighted by Gasteiger charge is -2.01. The number of hydrogen-bond acceptors (Lipinski definition) is 6. The number of rotatable bonds is 3. The Morgan fingerprint density at radius 1 is 0.767 bits per heavy atom. The number of nitrogens with one attached hydrogen (secondary N) is 2. The van der Waals surface area contributed by atoms with Crippen LogP contribution in [0.15, 0.2) is 73.4 Å². The molecule has 0 spiro atoms. The number of aromatic nitrogens is 8. The van der Waals surface area contributed by atoms with E-state index in [2.05, 4.69) is 35.1 Å². The summed E-state index contributed by atoms with van der Waals surface area (Å²) in [6.45, 7) is 0. The summed E-state index contributed by atoms with van der Waals surface area (Å²) in [5.74, 6) is 0.612. The molecule has 142 valence electrons. The number of imidazole rings is 1. The molecule has 0 aliphatic rings. The lowest BCUT2D eigenvalue weighted by atomic mass is 10.1. The van der Waals surface area contributed by atoms with E-state index >= 15 is 0 Å². The Hall–Kier alpha value is -4.46. The second kappa shape index (κ2) is 6.56. The van der Waals surface area contributed by atoms with Gasteiger partial charge in [-0.2, -0.15) is 5.10 Å². The van der Waals surface area contributed by atoms with E-state index in [1.807, 2.05) is 42.5 Å². The van der Waals surface area contributed by atoms with Crippen LogP contribution in [0.5, 0.6) is 0 Å². The third-order valence-corrected chi connectivity index (χ3v) is 4.97. The van der Waals surface area contributed by atoms with Crippen LogP contribution in [0, 0.1) is 0 Å². The van der Waals surface area contributed by atoms with E-state index in [4.69, 9.17) is 4.98 Å². The van der Waals surface area contributed by atoms with E-state index in [-0.39, 0.29) is 0 Å². The Bertz CT molecular complexity index is 1490. The molecule has 6 rings (SSSR count). The van der Waals surface area contributed by atoms with Crippen LogP contribution < -0.4 is 0 Å². The van der Waals surface area contributed by atoms with Gasteiger partial charge in [-0.1, -0.05) is 0 Å². The zero-order valence-electron chi connectivity index (χ0n) is 15.6. The van der Waals surface area contributed by atoms with Crippen LogP contribution in [0.4, 0.5) is 0 Å². The van der Waals surface area contributed by atoms with Gasteiger partial charge in [-0.15, -0.1) is 0 Å². The fourth-order valence-corrected chi connectivity index (χ4v) is 3.53. The fourth-order valence-electron chi connectivity index (χ4n) is 3.53. The van der Waals surface area contributed by atoms with E-state index in [9.17, 15) is 0 Å². The largest absolute Gasteiger partial charge is 0.335 e. The zero-order valence-corrected chi connectivity index (χ0v) is 15.6. The molecular formula is C22H14N8. The summed E-state index contributed by atoms with van der Waals surface area (Å²) in [6.07, 6.45) is 8.82. The molecule has 0 saturated heterocycles. The van der Waals surface area contributed by atoms with Gasteiger partial charge in [0.2, 0.25) is 0 Å². The van der Waals surface area contributed by atoms with Gasteiger partial charge in [0.05, 0.1) is 16.7 Å². The molecule has 30 heavy (non-hydrogen) atoms. The maximum absolute atomic E-state index is 4.81. The van der Waals surface area contributed by atoms with Crippen molar-refractivity contribution in [2.45, 2.75) is 0 Å². The van der Waals surface area contributed by atoms with Crippen molar-refractivity contribution in [1.82, 2.24) is 40.1 Å². The molecule has 0 fully saturated rings. The van der Waals surface area contributed by atoms with Crippen molar-refractivity contribution >= 4 is 22.2 Å². The van der Waals surface area contributed by atoms with Gasteiger partial charge in [0.25, 0.3) is 0 Å². The van der Waals surface area contributed by atoms with Crippen molar-refractivity contribution < 1.29 is 0 Å². The van der Waals surface area contributed by atoms with Crippen molar-refractivity contribution in [3.8, 4) is 33.9 Å². The normalized spacial score (nSPS) is 11.3. The summed E-state index contributed by atoms with van der Waals surface area (Å²) in [7, 11) is 0. The third-order valence-electron chi connectivity index (χ3n) is 4.97. The van der Waals surface area contributed by atoms with Crippen LogP contribution in [-0.2, 0) is 0 Å². The second-order valence-corrected chi connectivity index (χ2v) is 6.78. The molecule has 0 aliphatic heterocycles. The highest BCUT2D eigenvalue weighted by atomic mass is 15.2. The van der Waals surface area contributed by atoms with Gasteiger partial charge in [-0.05, 0) is 48.0 Å². The average molecular weight is 390 g/mol. The molecule has 0 aromatic carbocycles. The molecule has 0 amide bonds. The minimum absolute atomic E-state index is 0.612. The Morgan fingerprint density at radius 2 is 1.70 bits per heavy atom. The Morgan fingerprint density at radius 3 is 2.57 bits per heavy atom. The van der Waals surface area contributed by atoms with Crippen molar-refractivity contribution in [2.24, 2.45) is 0 Å². The van der Waals surface area contributed by atoms with E-state index in [0.717, 1.165) is 38.9 Å². The van der Waals surface area contributed by atoms with Crippen LogP contribution in [0.3, 0.4) is 0 Å². The number of hydrogen-bond donors (Lipinski definition) is 2. The molecule has 8 heteroatoms. The zero-order chi connectivity index (χ0) is 19.9. The smallest absolute Gasteiger partial charge is 0.178 e. The minimum atomic E-state index is 0.612. The fraction of sp³-hybridized carbons (Fsp3) is 0. The molecule has 6 heterocycles. The molecule has 6 aromatic rings.